The lowest BCUT2D eigenvalue weighted by atomic mass is 10.1. The number of nitrogens with one attached hydrogen (secondary N) is 1. The van der Waals surface area contributed by atoms with Gasteiger partial charge in [-0.3, -0.25) is 10.2 Å². The van der Waals surface area contributed by atoms with Gasteiger partial charge in [-0.2, -0.15) is 15.1 Å². The largest absolute Gasteiger partial charge is 0.490 e. The monoisotopic (exact) mass is 528 g/mol. The van der Waals surface area contributed by atoms with Gasteiger partial charge in [-0.05, 0) is 66.7 Å². The number of carbonyl (C=O) groups is 1. The Bertz CT molecular complexity index is 1230. The SMILES string of the molecule is CCOc1cc(/C=C2\C(=N)N3N=C(C(C)C)SC3=NC2=O)ccc1OCCSc1ccc(Cl)cc1. The van der Waals surface area contributed by atoms with Gasteiger partial charge in [0.1, 0.15) is 5.04 Å². The maximum Gasteiger partial charge on any atom is 0.283 e. The third-order valence-corrected chi connectivity index (χ3v) is 7.40. The number of hydrazone groups is 1. The average molecular weight is 529 g/mol. The zero-order valence-corrected chi connectivity index (χ0v) is 22.0. The van der Waals surface area contributed by atoms with Gasteiger partial charge in [-0.15, -0.1) is 11.8 Å². The van der Waals surface area contributed by atoms with E-state index in [-0.39, 0.29) is 17.3 Å². The normalized spacial score (nSPS) is 16.5. The highest BCUT2D eigenvalue weighted by molar-refractivity contribution is 8.27. The molecular formula is C25H25ClN4O3S2. The number of halogens is 1. The second kappa shape index (κ2) is 11.3. The minimum atomic E-state index is -0.452. The van der Waals surface area contributed by atoms with Crippen molar-refractivity contribution in [2.24, 2.45) is 16.0 Å². The van der Waals surface area contributed by atoms with Crippen LogP contribution in [0.1, 0.15) is 26.3 Å². The van der Waals surface area contributed by atoms with E-state index in [1.807, 2.05) is 57.2 Å². The van der Waals surface area contributed by atoms with Gasteiger partial charge in [0.25, 0.3) is 5.91 Å². The van der Waals surface area contributed by atoms with E-state index in [2.05, 4.69) is 10.1 Å². The topological polar surface area (TPSA) is 87.3 Å². The molecule has 0 aromatic heterocycles. The molecule has 0 spiro atoms. The van der Waals surface area contributed by atoms with E-state index < -0.39 is 5.91 Å². The fourth-order valence-corrected chi connectivity index (χ4v) is 5.00. The summed E-state index contributed by atoms with van der Waals surface area (Å²) < 4.78 is 11.7. The summed E-state index contributed by atoms with van der Waals surface area (Å²) in [4.78, 5) is 17.9. The molecule has 0 unspecified atom stereocenters. The van der Waals surface area contributed by atoms with Crippen LogP contribution < -0.4 is 9.47 Å². The molecule has 0 bridgehead atoms. The number of hydrogen-bond donors (Lipinski definition) is 1. The van der Waals surface area contributed by atoms with Crippen molar-refractivity contribution in [3.63, 3.8) is 0 Å². The van der Waals surface area contributed by atoms with Crippen LogP contribution in [0.25, 0.3) is 6.08 Å². The molecule has 4 rings (SSSR count). The van der Waals surface area contributed by atoms with Gasteiger partial charge in [0.15, 0.2) is 17.3 Å². The Morgan fingerprint density at radius 1 is 1.17 bits per heavy atom. The van der Waals surface area contributed by atoms with Crippen LogP contribution in [0, 0.1) is 11.3 Å². The Kier molecular flexibility index (Phi) is 8.20. The van der Waals surface area contributed by atoms with Crippen molar-refractivity contribution >= 4 is 63.2 Å². The third-order valence-electron chi connectivity index (χ3n) is 4.97. The van der Waals surface area contributed by atoms with E-state index in [9.17, 15) is 4.79 Å². The molecule has 35 heavy (non-hydrogen) atoms. The van der Waals surface area contributed by atoms with Crippen LogP contribution in [0.3, 0.4) is 0 Å². The summed E-state index contributed by atoms with van der Waals surface area (Å²) in [6, 6.07) is 13.1. The summed E-state index contributed by atoms with van der Waals surface area (Å²) in [6.45, 7) is 6.90. The number of thioether (sulfide) groups is 2. The first-order chi connectivity index (χ1) is 16.9. The lowest BCUT2D eigenvalue weighted by molar-refractivity contribution is -0.114. The fourth-order valence-electron chi connectivity index (χ4n) is 3.25. The van der Waals surface area contributed by atoms with Crippen LogP contribution in [-0.4, -0.2) is 45.9 Å². The first kappa shape index (κ1) is 25.3. The molecule has 1 N–H and O–H groups in total. The van der Waals surface area contributed by atoms with Crippen LogP contribution in [0.15, 0.2) is 63.0 Å². The highest BCUT2D eigenvalue weighted by Crippen LogP contribution is 2.33. The molecule has 182 valence electrons. The van der Waals surface area contributed by atoms with E-state index in [4.69, 9.17) is 26.5 Å². The summed E-state index contributed by atoms with van der Waals surface area (Å²) in [5, 5.41) is 16.4. The summed E-state index contributed by atoms with van der Waals surface area (Å²) in [5.74, 6) is 1.71. The van der Waals surface area contributed by atoms with Gasteiger partial charge in [0, 0.05) is 21.6 Å². The van der Waals surface area contributed by atoms with Crippen LogP contribution in [0.4, 0.5) is 0 Å². The number of hydrogen-bond acceptors (Lipinski definition) is 7. The van der Waals surface area contributed by atoms with Gasteiger partial charge in [-0.1, -0.05) is 31.5 Å². The Morgan fingerprint density at radius 2 is 1.94 bits per heavy atom. The Labute approximate surface area is 218 Å². The molecular weight excluding hydrogens is 504 g/mol. The summed E-state index contributed by atoms with van der Waals surface area (Å²) >= 11 is 8.94. The van der Waals surface area contributed by atoms with Crippen molar-refractivity contribution in [2.45, 2.75) is 25.7 Å². The molecule has 7 nitrogen and oxygen atoms in total. The molecule has 0 aliphatic carbocycles. The van der Waals surface area contributed by atoms with Gasteiger partial charge in [0.2, 0.25) is 5.17 Å². The number of fused-ring (bicyclic) bond motifs is 1. The Balaban J connectivity index is 1.46. The molecule has 10 heteroatoms. The molecule has 0 saturated carbocycles. The van der Waals surface area contributed by atoms with Gasteiger partial charge >= 0.3 is 0 Å². The van der Waals surface area contributed by atoms with E-state index in [1.54, 1.807) is 23.9 Å². The number of aliphatic imine (C=N–C) groups is 1. The van der Waals surface area contributed by atoms with E-state index in [1.165, 1.54) is 16.8 Å². The predicted octanol–water partition coefficient (Wildman–Crippen LogP) is 6.18. The van der Waals surface area contributed by atoms with E-state index in [0.29, 0.717) is 40.5 Å². The number of rotatable bonds is 9. The lowest BCUT2D eigenvalue weighted by Gasteiger charge is -2.20. The highest BCUT2D eigenvalue weighted by atomic mass is 35.5. The molecule has 0 radical (unpaired) electrons. The number of carbonyl (C=O) groups excluding carboxylic acids is 1. The smallest absolute Gasteiger partial charge is 0.283 e. The van der Waals surface area contributed by atoms with Crippen LogP contribution in [-0.2, 0) is 4.79 Å². The molecule has 2 aromatic carbocycles. The predicted molar refractivity (Wildman–Crippen MR) is 145 cm³/mol. The molecule has 0 atom stereocenters. The van der Waals surface area contributed by atoms with Crippen molar-refractivity contribution in [1.29, 1.82) is 5.41 Å². The lowest BCUT2D eigenvalue weighted by Crippen LogP contribution is -2.35. The standard InChI is InChI=1S/C25H25ClN4O3S2/c1-4-32-21-14-16(5-10-20(21)33-11-12-34-18-8-6-17(26)7-9-18)13-19-22(27)30-25(28-23(19)31)35-24(29-30)15(2)3/h5-10,13-15,27H,4,11-12H2,1-3H3/b19-13+,27-22?. The minimum absolute atomic E-state index is 0.0145. The third kappa shape index (κ3) is 6.09. The molecule has 2 heterocycles. The Hall–Kier alpha value is -2.75. The summed E-state index contributed by atoms with van der Waals surface area (Å²) in [5.41, 5.74) is 0.890. The molecule has 0 saturated heterocycles. The van der Waals surface area contributed by atoms with Crippen molar-refractivity contribution in [1.82, 2.24) is 5.01 Å². The zero-order chi connectivity index (χ0) is 24.9. The van der Waals surface area contributed by atoms with Crippen molar-refractivity contribution in [3.8, 4) is 11.5 Å². The van der Waals surface area contributed by atoms with E-state index >= 15 is 0 Å². The van der Waals surface area contributed by atoms with Crippen LogP contribution >= 0.6 is 35.1 Å². The van der Waals surface area contributed by atoms with Gasteiger partial charge < -0.3 is 9.47 Å². The molecule has 2 aliphatic rings. The number of amides is 1. The first-order valence-corrected chi connectivity index (χ1v) is 13.3. The average Bonchev–Trinajstić information content (AvgIpc) is 3.26. The number of ether oxygens (including phenoxy) is 2. The summed E-state index contributed by atoms with van der Waals surface area (Å²) in [6.07, 6.45) is 1.64. The van der Waals surface area contributed by atoms with Crippen LogP contribution in [0.2, 0.25) is 5.02 Å². The second-order valence-corrected chi connectivity index (χ2v) is 10.5. The van der Waals surface area contributed by atoms with Gasteiger partial charge in [-0.25, -0.2) is 0 Å². The van der Waals surface area contributed by atoms with Crippen molar-refractivity contribution in [3.05, 3.63) is 58.6 Å². The number of nitrogens with zero attached hydrogens (tertiary/aromatic N) is 3. The van der Waals surface area contributed by atoms with Crippen LogP contribution in [0.5, 0.6) is 11.5 Å². The highest BCUT2D eigenvalue weighted by Gasteiger charge is 2.36. The maximum absolute atomic E-state index is 12.7. The molecule has 0 fully saturated rings. The quantitative estimate of drug-likeness (QED) is 0.237. The Morgan fingerprint density at radius 3 is 2.66 bits per heavy atom. The number of benzene rings is 2. The van der Waals surface area contributed by atoms with E-state index in [0.717, 1.165) is 15.7 Å². The first-order valence-electron chi connectivity index (χ1n) is 11.1. The molecule has 1 amide bonds. The van der Waals surface area contributed by atoms with Crippen molar-refractivity contribution in [2.75, 3.05) is 19.0 Å². The molecule has 2 aliphatic heterocycles. The second-order valence-electron chi connectivity index (χ2n) is 7.90. The van der Waals surface area contributed by atoms with Gasteiger partial charge in [0.05, 0.1) is 18.8 Å². The fraction of sp³-hybridized carbons (Fsp3) is 0.280. The summed E-state index contributed by atoms with van der Waals surface area (Å²) in [7, 11) is 0. The molecule has 2 aromatic rings. The van der Waals surface area contributed by atoms with Crippen molar-refractivity contribution < 1.29 is 14.3 Å². The zero-order valence-electron chi connectivity index (χ0n) is 19.6. The number of amidine groups is 2. The maximum atomic E-state index is 12.7. The minimum Gasteiger partial charge on any atom is -0.490 e.